The predicted molar refractivity (Wildman–Crippen MR) is 125 cm³/mol. The van der Waals surface area contributed by atoms with E-state index in [1.54, 1.807) is 20.8 Å². The number of carboxylic acids is 1. The van der Waals surface area contributed by atoms with Gasteiger partial charge in [0.25, 0.3) is 0 Å². The van der Waals surface area contributed by atoms with Crippen molar-refractivity contribution in [2.45, 2.75) is 51.2 Å². The summed E-state index contributed by atoms with van der Waals surface area (Å²) in [6.07, 6.45) is -0.693. The highest BCUT2D eigenvalue weighted by Crippen LogP contribution is 2.44. The van der Waals surface area contributed by atoms with Crippen LogP contribution in [0.5, 0.6) is 0 Å². The Morgan fingerprint density at radius 3 is 2.12 bits per heavy atom. The fourth-order valence-electron chi connectivity index (χ4n) is 4.58. The molecule has 4 rings (SSSR count). The van der Waals surface area contributed by atoms with Crippen LogP contribution in [0.1, 0.15) is 50.7 Å². The van der Waals surface area contributed by atoms with Crippen molar-refractivity contribution in [2.24, 2.45) is 0 Å². The molecule has 2 aromatic carbocycles. The highest BCUT2D eigenvalue weighted by atomic mass is 16.6. The number of hydrogen-bond donors (Lipinski definition) is 1. The van der Waals surface area contributed by atoms with Gasteiger partial charge in [-0.15, -0.1) is 0 Å². The smallest absolute Gasteiger partial charge is 0.411 e. The fraction of sp³-hybridized carbons (Fsp3) is 0.423. The Labute approximate surface area is 199 Å². The molecule has 1 fully saturated rings. The molecule has 0 radical (unpaired) electrons. The van der Waals surface area contributed by atoms with Gasteiger partial charge in [-0.05, 0) is 55.9 Å². The first-order valence-corrected chi connectivity index (χ1v) is 11.5. The molecule has 8 heteroatoms. The van der Waals surface area contributed by atoms with E-state index in [1.807, 2.05) is 48.5 Å². The minimum Gasteiger partial charge on any atom is -0.480 e. The molecule has 1 aliphatic carbocycles. The molecule has 0 bridgehead atoms. The van der Waals surface area contributed by atoms with E-state index in [2.05, 4.69) is 0 Å². The van der Waals surface area contributed by atoms with Gasteiger partial charge in [0, 0.05) is 12.5 Å². The largest absolute Gasteiger partial charge is 0.480 e. The Morgan fingerprint density at radius 1 is 0.971 bits per heavy atom. The maximum atomic E-state index is 13.2. The summed E-state index contributed by atoms with van der Waals surface area (Å²) in [6.45, 7) is 5.43. The number of aliphatic carboxylic acids is 1. The maximum absolute atomic E-state index is 13.2. The van der Waals surface area contributed by atoms with Gasteiger partial charge in [0.05, 0.1) is 0 Å². The third-order valence-corrected chi connectivity index (χ3v) is 6.11. The molecule has 0 saturated carbocycles. The van der Waals surface area contributed by atoms with Crippen LogP contribution >= 0.6 is 0 Å². The maximum Gasteiger partial charge on any atom is 0.411 e. The number of rotatable bonds is 3. The first kappa shape index (κ1) is 23.6. The molecule has 2 aromatic rings. The summed E-state index contributed by atoms with van der Waals surface area (Å²) in [5.41, 5.74) is 3.64. The first-order chi connectivity index (χ1) is 16.2. The summed E-state index contributed by atoms with van der Waals surface area (Å²) < 4.78 is 11.1. The van der Waals surface area contributed by atoms with Crippen molar-refractivity contribution >= 4 is 18.2 Å². The van der Waals surface area contributed by atoms with Gasteiger partial charge in [-0.25, -0.2) is 14.4 Å². The van der Waals surface area contributed by atoms with Crippen LogP contribution in [0.3, 0.4) is 0 Å². The van der Waals surface area contributed by atoms with Crippen molar-refractivity contribution in [3.05, 3.63) is 59.7 Å². The van der Waals surface area contributed by atoms with Gasteiger partial charge in [0.1, 0.15) is 24.9 Å². The van der Waals surface area contributed by atoms with Crippen molar-refractivity contribution in [3.8, 4) is 11.1 Å². The third-order valence-electron chi connectivity index (χ3n) is 6.11. The number of benzene rings is 2. The molecule has 1 saturated heterocycles. The van der Waals surface area contributed by atoms with E-state index in [-0.39, 0.29) is 25.6 Å². The Bertz CT molecular complexity index is 1050. The van der Waals surface area contributed by atoms with Crippen LogP contribution in [0.25, 0.3) is 11.1 Å². The number of amides is 2. The lowest BCUT2D eigenvalue weighted by Crippen LogP contribution is -2.50. The van der Waals surface area contributed by atoms with Crippen molar-refractivity contribution in [3.63, 3.8) is 0 Å². The zero-order valence-corrected chi connectivity index (χ0v) is 19.7. The van der Waals surface area contributed by atoms with Crippen LogP contribution < -0.4 is 0 Å². The third kappa shape index (κ3) is 4.85. The molecule has 1 atom stereocenters. The molecule has 2 aliphatic rings. The average Bonchev–Trinajstić information content (AvgIpc) is 2.93. The van der Waals surface area contributed by atoms with Crippen LogP contribution in [-0.4, -0.2) is 64.5 Å². The molecule has 2 amide bonds. The molecular weight excluding hydrogens is 436 g/mol. The van der Waals surface area contributed by atoms with E-state index >= 15 is 0 Å². The van der Waals surface area contributed by atoms with Gasteiger partial charge in [-0.1, -0.05) is 48.5 Å². The van der Waals surface area contributed by atoms with Gasteiger partial charge in [-0.3, -0.25) is 9.80 Å². The number of carboxylic acid groups (broad SMARTS) is 1. The normalized spacial score (nSPS) is 18.0. The van der Waals surface area contributed by atoms with Crippen LogP contribution in [0.15, 0.2) is 48.5 Å². The molecular formula is C26H30N2O6. The van der Waals surface area contributed by atoms with Crippen molar-refractivity contribution in [1.29, 1.82) is 0 Å². The number of fused-ring (bicyclic) bond motifs is 3. The number of carbonyl (C=O) groups is 3. The molecule has 0 spiro atoms. The topological polar surface area (TPSA) is 96.4 Å². The van der Waals surface area contributed by atoms with Crippen LogP contribution in [-0.2, 0) is 14.3 Å². The highest BCUT2D eigenvalue weighted by Gasteiger charge is 2.38. The second kappa shape index (κ2) is 9.37. The van der Waals surface area contributed by atoms with Gasteiger partial charge < -0.3 is 14.6 Å². The summed E-state index contributed by atoms with van der Waals surface area (Å²) in [5, 5.41) is 9.75. The van der Waals surface area contributed by atoms with Gasteiger partial charge in [0.2, 0.25) is 0 Å². The van der Waals surface area contributed by atoms with E-state index < -0.39 is 29.8 Å². The van der Waals surface area contributed by atoms with E-state index in [0.29, 0.717) is 13.0 Å². The Kier molecular flexibility index (Phi) is 6.50. The van der Waals surface area contributed by atoms with Crippen molar-refractivity contribution in [2.75, 3.05) is 19.8 Å². The van der Waals surface area contributed by atoms with E-state index in [4.69, 9.17) is 9.47 Å². The number of nitrogens with zero attached hydrogens (tertiary/aromatic N) is 2. The van der Waals surface area contributed by atoms with Crippen LogP contribution in [0, 0.1) is 0 Å². The molecule has 8 nitrogen and oxygen atoms in total. The second-order valence-electron chi connectivity index (χ2n) is 9.66. The number of carbonyl (C=O) groups excluding carboxylic acids is 2. The summed E-state index contributed by atoms with van der Waals surface area (Å²) >= 11 is 0. The van der Waals surface area contributed by atoms with Crippen LogP contribution in [0.2, 0.25) is 0 Å². The van der Waals surface area contributed by atoms with Crippen LogP contribution in [0.4, 0.5) is 9.59 Å². The van der Waals surface area contributed by atoms with E-state index in [0.717, 1.165) is 27.2 Å². The summed E-state index contributed by atoms with van der Waals surface area (Å²) in [6, 6.07) is 14.9. The molecule has 0 aromatic heterocycles. The SMILES string of the molecule is CC(C)(C)OC(=O)N1CCC[C@@H](C(=O)O)N(C(=O)OCC2c3ccccc3-c3ccccc32)C1. The monoisotopic (exact) mass is 466 g/mol. The standard InChI is InChI=1S/C26H30N2O6/c1-26(2,3)34-24(31)27-14-8-13-22(23(29)30)28(16-27)25(32)33-15-21-19-11-6-4-9-17(19)18-10-5-7-12-20(18)21/h4-7,9-12,21-22H,8,13-16H2,1-3H3,(H,29,30)/t22-/m0/s1. The zero-order chi connectivity index (χ0) is 24.5. The zero-order valence-electron chi connectivity index (χ0n) is 19.7. The van der Waals surface area contributed by atoms with E-state index in [9.17, 15) is 19.5 Å². The van der Waals surface area contributed by atoms with Gasteiger partial charge >= 0.3 is 18.2 Å². The average molecular weight is 467 g/mol. The van der Waals surface area contributed by atoms with Crippen molar-refractivity contribution < 1.29 is 29.0 Å². The molecule has 1 heterocycles. The first-order valence-electron chi connectivity index (χ1n) is 11.5. The van der Waals surface area contributed by atoms with Gasteiger partial charge in [-0.2, -0.15) is 0 Å². The van der Waals surface area contributed by atoms with Crippen molar-refractivity contribution in [1.82, 2.24) is 9.80 Å². The lowest BCUT2D eigenvalue weighted by molar-refractivity contribution is -0.143. The Balaban J connectivity index is 1.52. The summed E-state index contributed by atoms with van der Waals surface area (Å²) in [7, 11) is 0. The number of hydrogen-bond acceptors (Lipinski definition) is 5. The molecule has 0 unspecified atom stereocenters. The second-order valence-corrected chi connectivity index (χ2v) is 9.66. The lowest BCUT2D eigenvalue weighted by atomic mass is 9.98. The molecule has 180 valence electrons. The summed E-state index contributed by atoms with van der Waals surface area (Å²) in [4.78, 5) is 40.2. The summed E-state index contributed by atoms with van der Waals surface area (Å²) in [5.74, 6) is -1.27. The molecule has 34 heavy (non-hydrogen) atoms. The predicted octanol–water partition coefficient (Wildman–Crippen LogP) is 4.68. The Morgan fingerprint density at radius 2 is 1.56 bits per heavy atom. The minimum absolute atomic E-state index is 0.0716. The van der Waals surface area contributed by atoms with E-state index in [1.165, 1.54) is 4.90 Å². The molecule has 1 aliphatic heterocycles. The Hall–Kier alpha value is -3.55. The lowest BCUT2D eigenvalue weighted by Gasteiger charge is -2.31. The molecule has 1 N–H and O–H groups in total. The minimum atomic E-state index is -1.13. The quantitative estimate of drug-likeness (QED) is 0.706. The van der Waals surface area contributed by atoms with Gasteiger partial charge in [0.15, 0.2) is 0 Å². The fourth-order valence-corrected chi connectivity index (χ4v) is 4.58. The number of ether oxygens (including phenoxy) is 2. The highest BCUT2D eigenvalue weighted by molar-refractivity contribution is 5.81.